The number of fused-ring (bicyclic) bond motifs is 1. The molecule has 0 spiro atoms. The quantitative estimate of drug-likeness (QED) is 0.720. The topological polar surface area (TPSA) is 17.1 Å². The summed E-state index contributed by atoms with van der Waals surface area (Å²) in [5.74, 6) is 1.08. The molecule has 1 aliphatic carbocycles. The van der Waals surface area contributed by atoms with Gasteiger partial charge in [0.2, 0.25) is 0 Å². The summed E-state index contributed by atoms with van der Waals surface area (Å²) in [6, 6.07) is 6.65. The molecule has 2 rings (SSSR count). The van der Waals surface area contributed by atoms with Crippen LogP contribution in [0.1, 0.15) is 37.0 Å². The average Bonchev–Trinajstić information content (AvgIpc) is 2.16. The van der Waals surface area contributed by atoms with Gasteiger partial charge in [-0.05, 0) is 35.4 Å². The highest BCUT2D eigenvalue weighted by Crippen LogP contribution is 2.21. The van der Waals surface area contributed by atoms with Gasteiger partial charge in [-0.1, -0.05) is 32.0 Å². The van der Waals surface area contributed by atoms with E-state index in [1.807, 2.05) is 0 Å². The maximum absolute atomic E-state index is 11.4. The zero-order valence-electron chi connectivity index (χ0n) is 9.55. The Labute approximate surface area is 91.5 Å². The van der Waals surface area contributed by atoms with E-state index in [9.17, 15) is 4.79 Å². The normalized spacial score (nSPS) is 15.5. The molecule has 0 fully saturated rings. The molecule has 0 unspecified atom stereocenters. The van der Waals surface area contributed by atoms with Gasteiger partial charge in [-0.25, -0.2) is 0 Å². The molecule has 1 heteroatoms. The summed E-state index contributed by atoms with van der Waals surface area (Å²) in [6.45, 7) is 4.45. The van der Waals surface area contributed by atoms with Gasteiger partial charge in [0.1, 0.15) is 5.78 Å². The van der Waals surface area contributed by atoms with Gasteiger partial charge in [0.25, 0.3) is 0 Å². The van der Waals surface area contributed by atoms with Crippen LogP contribution in [0, 0.1) is 5.92 Å². The van der Waals surface area contributed by atoms with Crippen molar-refractivity contribution in [1.82, 2.24) is 0 Å². The Morgan fingerprint density at radius 3 is 2.73 bits per heavy atom. The Hall–Kier alpha value is -1.11. The predicted molar refractivity (Wildman–Crippen MR) is 62.0 cm³/mol. The van der Waals surface area contributed by atoms with Crippen LogP contribution < -0.4 is 0 Å². The number of hydrogen-bond acceptors (Lipinski definition) is 1. The van der Waals surface area contributed by atoms with E-state index in [-0.39, 0.29) is 0 Å². The Bertz CT molecular complexity index is 377. The minimum absolute atomic E-state index is 0.393. The SMILES string of the molecule is CC(C)Cc1ccc2c(c1)CC(=O)CC2. The van der Waals surface area contributed by atoms with Gasteiger partial charge in [-0.2, -0.15) is 0 Å². The number of ketones is 1. The van der Waals surface area contributed by atoms with Gasteiger partial charge in [-0.15, -0.1) is 0 Å². The molecule has 0 saturated carbocycles. The fraction of sp³-hybridized carbons (Fsp3) is 0.500. The smallest absolute Gasteiger partial charge is 0.137 e. The standard InChI is InChI=1S/C14H18O/c1-10(2)7-11-3-4-12-5-6-14(15)9-13(12)8-11/h3-4,8,10H,5-7,9H2,1-2H3. The third-order valence-corrected chi connectivity index (χ3v) is 2.98. The minimum atomic E-state index is 0.393. The number of benzene rings is 1. The predicted octanol–water partition coefficient (Wildman–Crippen LogP) is 2.94. The molecule has 0 aromatic heterocycles. The van der Waals surface area contributed by atoms with Gasteiger partial charge in [0.05, 0.1) is 0 Å². The molecule has 0 N–H and O–H groups in total. The zero-order chi connectivity index (χ0) is 10.8. The van der Waals surface area contributed by atoms with Crippen LogP contribution in [0.4, 0.5) is 0 Å². The summed E-state index contributed by atoms with van der Waals surface area (Å²) < 4.78 is 0. The number of hydrogen-bond donors (Lipinski definition) is 0. The number of carbonyl (C=O) groups excluding carboxylic acids is 1. The monoisotopic (exact) mass is 202 g/mol. The average molecular weight is 202 g/mol. The Morgan fingerprint density at radius 1 is 1.20 bits per heavy atom. The van der Waals surface area contributed by atoms with Gasteiger partial charge in [0.15, 0.2) is 0 Å². The first-order chi connectivity index (χ1) is 7.15. The molecule has 15 heavy (non-hydrogen) atoms. The van der Waals surface area contributed by atoms with E-state index in [1.54, 1.807) is 0 Å². The van der Waals surface area contributed by atoms with Crippen LogP contribution in [0.5, 0.6) is 0 Å². The Morgan fingerprint density at radius 2 is 2.00 bits per heavy atom. The number of aryl methyl sites for hydroxylation is 1. The summed E-state index contributed by atoms with van der Waals surface area (Å²) in [6.07, 6.45) is 3.44. The van der Waals surface area contributed by atoms with E-state index in [0.29, 0.717) is 18.1 Å². The molecule has 0 amide bonds. The van der Waals surface area contributed by atoms with E-state index in [2.05, 4.69) is 32.0 Å². The van der Waals surface area contributed by atoms with Crippen molar-refractivity contribution < 1.29 is 4.79 Å². The lowest BCUT2D eigenvalue weighted by Gasteiger charge is -2.16. The highest BCUT2D eigenvalue weighted by Gasteiger charge is 2.15. The second kappa shape index (κ2) is 4.18. The van der Waals surface area contributed by atoms with Gasteiger partial charge in [-0.3, -0.25) is 4.79 Å². The van der Waals surface area contributed by atoms with Crippen LogP contribution in [-0.4, -0.2) is 5.78 Å². The van der Waals surface area contributed by atoms with Gasteiger partial charge < -0.3 is 0 Å². The molecular formula is C14H18O. The first-order valence-electron chi connectivity index (χ1n) is 5.77. The first kappa shape index (κ1) is 10.4. The van der Waals surface area contributed by atoms with Crippen molar-refractivity contribution in [3.05, 3.63) is 34.9 Å². The second-order valence-electron chi connectivity index (χ2n) is 4.92. The van der Waals surface area contributed by atoms with E-state index in [0.717, 1.165) is 19.3 Å². The summed E-state index contributed by atoms with van der Waals surface area (Å²) in [4.78, 5) is 11.4. The van der Waals surface area contributed by atoms with Crippen molar-refractivity contribution in [2.75, 3.05) is 0 Å². The number of Topliss-reactive ketones (excluding diaryl/α,β-unsaturated/α-hetero) is 1. The highest BCUT2D eigenvalue weighted by molar-refractivity contribution is 5.83. The lowest BCUT2D eigenvalue weighted by molar-refractivity contribution is -0.118. The second-order valence-corrected chi connectivity index (χ2v) is 4.92. The summed E-state index contributed by atoms with van der Waals surface area (Å²) >= 11 is 0. The Balaban J connectivity index is 2.24. The molecule has 1 aromatic carbocycles. The van der Waals surface area contributed by atoms with E-state index >= 15 is 0 Å². The summed E-state index contributed by atoms with van der Waals surface area (Å²) in [5.41, 5.74) is 4.02. The zero-order valence-corrected chi connectivity index (χ0v) is 9.55. The van der Waals surface area contributed by atoms with Crippen LogP contribution >= 0.6 is 0 Å². The minimum Gasteiger partial charge on any atom is -0.299 e. The lowest BCUT2D eigenvalue weighted by Crippen LogP contribution is -2.13. The summed E-state index contributed by atoms with van der Waals surface area (Å²) in [7, 11) is 0. The molecule has 0 radical (unpaired) electrons. The molecule has 0 saturated heterocycles. The number of carbonyl (C=O) groups is 1. The maximum Gasteiger partial charge on any atom is 0.137 e. The molecule has 0 bridgehead atoms. The Kier molecular flexibility index (Phi) is 2.90. The summed E-state index contributed by atoms with van der Waals surface area (Å²) in [5, 5.41) is 0. The van der Waals surface area contributed by atoms with Crippen molar-refractivity contribution in [3.63, 3.8) is 0 Å². The van der Waals surface area contributed by atoms with Gasteiger partial charge >= 0.3 is 0 Å². The lowest BCUT2D eigenvalue weighted by atomic mass is 9.88. The maximum atomic E-state index is 11.4. The van der Waals surface area contributed by atoms with Crippen LogP contribution in [-0.2, 0) is 24.1 Å². The van der Waals surface area contributed by atoms with Crippen LogP contribution in [0.2, 0.25) is 0 Å². The molecule has 1 nitrogen and oxygen atoms in total. The fourth-order valence-corrected chi connectivity index (χ4v) is 2.26. The molecular weight excluding hydrogens is 184 g/mol. The van der Waals surface area contributed by atoms with E-state index in [4.69, 9.17) is 0 Å². The third-order valence-electron chi connectivity index (χ3n) is 2.98. The van der Waals surface area contributed by atoms with Crippen LogP contribution in [0.15, 0.2) is 18.2 Å². The van der Waals surface area contributed by atoms with Crippen molar-refractivity contribution in [2.45, 2.75) is 39.5 Å². The van der Waals surface area contributed by atoms with Crippen molar-refractivity contribution in [1.29, 1.82) is 0 Å². The van der Waals surface area contributed by atoms with Crippen LogP contribution in [0.3, 0.4) is 0 Å². The highest BCUT2D eigenvalue weighted by atomic mass is 16.1. The molecule has 0 heterocycles. The van der Waals surface area contributed by atoms with Crippen molar-refractivity contribution in [3.8, 4) is 0 Å². The first-order valence-corrected chi connectivity index (χ1v) is 5.77. The molecule has 1 aromatic rings. The van der Waals surface area contributed by atoms with E-state index in [1.165, 1.54) is 16.7 Å². The molecule has 80 valence electrons. The van der Waals surface area contributed by atoms with E-state index < -0.39 is 0 Å². The van der Waals surface area contributed by atoms with Crippen molar-refractivity contribution in [2.24, 2.45) is 5.92 Å². The van der Waals surface area contributed by atoms with Gasteiger partial charge in [0, 0.05) is 12.8 Å². The fourth-order valence-electron chi connectivity index (χ4n) is 2.26. The van der Waals surface area contributed by atoms with Crippen LogP contribution in [0.25, 0.3) is 0 Å². The third kappa shape index (κ3) is 2.47. The van der Waals surface area contributed by atoms with Crippen molar-refractivity contribution >= 4 is 5.78 Å². The number of rotatable bonds is 2. The molecule has 0 atom stereocenters. The molecule has 0 aliphatic heterocycles. The largest absolute Gasteiger partial charge is 0.299 e. The molecule has 1 aliphatic rings.